The molecule has 1 N–H and O–H groups in total. The third-order valence-corrected chi connectivity index (χ3v) is 5.51. The summed E-state index contributed by atoms with van der Waals surface area (Å²) in [7, 11) is 1.95. The summed E-state index contributed by atoms with van der Waals surface area (Å²) >= 11 is 0. The van der Waals surface area contributed by atoms with Crippen LogP contribution in [0.4, 0.5) is 11.7 Å². The van der Waals surface area contributed by atoms with Gasteiger partial charge >= 0.3 is 0 Å². The summed E-state index contributed by atoms with van der Waals surface area (Å²) in [6.07, 6.45) is 0.835. The first-order valence-corrected chi connectivity index (χ1v) is 9.31. The number of likely N-dealkylation sites (N-methyl/N-ethyl adjacent to an activating group) is 1. The first-order valence-electron chi connectivity index (χ1n) is 9.31. The average Bonchev–Trinajstić information content (AvgIpc) is 3.30. The van der Waals surface area contributed by atoms with Gasteiger partial charge in [0.2, 0.25) is 0 Å². The lowest BCUT2D eigenvalue weighted by molar-refractivity contribution is -0.0471. The zero-order chi connectivity index (χ0) is 19.3. The largest absolute Gasteiger partial charge is 0.493 e. The molecule has 0 atom stereocenters. The van der Waals surface area contributed by atoms with Crippen LogP contribution in [0, 0.1) is 0 Å². The van der Waals surface area contributed by atoms with Crippen LogP contribution in [-0.4, -0.2) is 43.3 Å². The van der Waals surface area contributed by atoms with Crippen LogP contribution >= 0.6 is 0 Å². The highest BCUT2D eigenvalue weighted by Crippen LogP contribution is 2.31. The number of nitrogens with zero attached hydrogens (tertiary/aromatic N) is 2. The third-order valence-electron chi connectivity index (χ3n) is 5.51. The SMILES string of the molecule is CN(c1nc2cc(NC(=O)c3ccc4c(c3)CCO4)ccc2o1)C1(C)COC1. The third kappa shape index (κ3) is 2.79. The molecule has 0 radical (unpaired) electrons. The highest BCUT2D eigenvalue weighted by Gasteiger charge is 2.39. The van der Waals surface area contributed by atoms with Crippen molar-refractivity contribution in [2.24, 2.45) is 0 Å². The van der Waals surface area contributed by atoms with Crippen LogP contribution in [0.5, 0.6) is 5.75 Å². The van der Waals surface area contributed by atoms with Gasteiger partial charge in [-0.15, -0.1) is 0 Å². The fraction of sp³-hybridized carbons (Fsp3) is 0.333. The number of hydrogen-bond donors (Lipinski definition) is 1. The van der Waals surface area contributed by atoms with Crippen molar-refractivity contribution in [3.05, 3.63) is 47.5 Å². The molecule has 0 aliphatic carbocycles. The number of carbonyl (C=O) groups is 1. The van der Waals surface area contributed by atoms with Gasteiger partial charge in [0.05, 0.1) is 25.4 Å². The first-order chi connectivity index (χ1) is 13.5. The zero-order valence-corrected chi connectivity index (χ0v) is 15.8. The molecule has 1 saturated heterocycles. The number of ether oxygens (including phenoxy) is 2. The van der Waals surface area contributed by atoms with E-state index in [4.69, 9.17) is 13.9 Å². The molecule has 0 saturated carbocycles. The van der Waals surface area contributed by atoms with Crippen LogP contribution in [-0.2, 0) is 11.2 Å². The molecule has 3 heterocycles. The molecule has 1 amide bonds. The van der Waals surface area contributed by atoms with Crippen molar-refractivity contribution in [1.29, 1.82) is 0 Å². The van der Waals surface area contributed by atoms with Crippen molar-refractivity contribution in [3.8, 4) is 5.75 Å². The second kappa shape index (κ2) is 6.24. The normalized spacial score (nSPS) is 16.9. The average molecular weight is 379 g/mol. The van der Waals surface area contributed by atoms with E-state index in [2.05, 4.69) is 17.2 Å². The Labute approximate surface area is 162 Å². The number of rotatable bonds is 4. The van der Waals surface area contributed by atoms with Crippen LogP contribution in [0.15, 0.2) is 40.8 Å². The fourth-order valence-electron chi connectivity index (χ4n) is 3.49. The predicted octanol–water partition coefficient (Wildman–Crippen LogP) is 3.24. The Morgan fingerprint density at radius 1 is 1.21 bits per heavy atom. The molecule has 5 rings (SSSR count). The van der Waals surface area contributed by atoms with E-state index >= 15 is 0 Å². The predicted molar refractivity (Wildman–Crippen MR) is 105 cm³/mol. The van der Waals surface area contributed by atoms with Crippen molar-refractivity contribution >= 4 is 28.7 Å². The van der Waals surface area contributed by atoms with Gasteiger partial charge in [0, 0.05) is 24.7 Å². The molecular weight excluding hydrogens is 358 g/mol. The fourth-order valence-corrected chi connectivity index (χ4v) is 3.49. The van der Waals surface area contributed by atoms with E-state index in [0.717, 1.165) is 17.7 Å². The van der Waals surface area contributed by atoms with Gasteiger partial charge < -0.3 is 24.1 Å². The Morgan fingerprint density at radius 3 is 2.86 bits per heavy atom. The number of hydrogen-bond acceptors (Lipinski definition) is 6. The van der Waals surface area contributed by atoms with Crippen molar-refractivity contribution in [1.82, 2.24) is 4.98 Å². The topological polar surface area (TPSA) is 76.8 Å². The number of amides is 1. The van der Waals surface area contributed by atoms with E-state index in [9.17, 15) is 4.79 Å². The lowest BCUT2D eigenvalue weighted by Crippen LogP contribution is -2.59. The van der Waals surface area contributed by atoms with E-state index in [1.807, 2.05) is 42.3 Å². The molecule has 28 heavy (non-hydrogen) atoms. The molecule has 0 spiro atoms. The van der Waals surface area contributed by atoms with Gasteiger partial charge in [-0.3, -0.25) is 4.79 Å². The minimum absolute atomic E-state index is 0.102. The van der Waals surface area contributed by atoms with Crippen molar-refractivity contribution < 1.29 is 18.7 Å². The summed E-state index contributed by atoms with van der Waals surface area (Å²) in [5, 5.41) is 2.94. The Balaban J connectivity index is 1.37. The van der Waals surface area contributed by atoms with Crippen LogP contribution in [0.3, 0.4) is 0 Å². The van der Waals surface area contributed by atoms with Gasteiger partial charge in [0.25, 0.3) is 11.9 Å². The molecule has 2 aromatic carbocycles. The van der Waals surface area contributed by atoms with Gasteiger partial charge in [0.15, 0.2) is 5.58 Å². The van der Waals surface area contributed by atoms with Crippen LogP contribution < -0.4 is 15.0 Å². The quantitative estimate of drug-likeness (QED) is 0.750. The molecule has 2 aliphatic heterocycles. The number of nitrogens with one attached hydrogen (secondary N) is 1. The number of oxazole rings is 1. The highest BCUT2D eigenvalue weighted by molar-refractivity contribution is 6.05. The van der Waals surface area contributed by atoms with E-state index in [-0.39, 0.29) is 11.4 Å². The standard InChI is InChI=1S/C21H21N3O4/c1-21(11-26-12-21)24(2)20-23-16-10-15(4-6-18(16)28-20)22-19(25)14-3-5-17-13(9-14)7-8-27-17/h3-6,9-10H,7-8,11-12H2,1-2H3,(H,22,25). The van der Waals surface area contributed by atoms with E-state index < -0.39 is 0 Å². The molecular formula is C21H21N3O4. The highest BCUT2D eigenvalue weighted by atomic mass is 16.5. The van der Waals surface area contributed by atoms with Gasteiger partial charge in [-0.1, -0.05) is 0 Å². The van der Waals surface area contributed by atoms with Gasteiger partial charge in [-0.2, -0.15) is 4.98 Å². The number of fused-ring (bicyclic) bond motifs is 2. The molecule has 144 valence electrons. The summed E-state index contributed by atoms with van der Waals surface area (Å²) in [6.45, 7) is 4.08. The number of aromatic nitrogens is 1. The summed E-state index contributed by atoms with van der Waals surface area (Å²) in [5.74, 6) is 0.705. The van der Waals surface area contributed by atoms with Crippen LogP contribution in [0.1, 0.15) is 22.8 Å². The maximum absolute atomic E-state index is 12.6. The molecule has 7 nitrogen and oxygen atoms in total. The van der Waals surface area contributed by atoms with E-state index in [1.54, 1.807) is 6.07 Å². The Hall–Kier alpha value is -3.06. The van der Waals surface area contributed by atoms with Crippen LogP contribution in [0.2, 0.25) is 0 Å². The van der Waals surface area contributed by atoms with Gasteiger partial charge in [-0.25, -0.2) is 0 Å². The number of carbonyl (C=O) groups excluding carboxylic acids is 1. The molecule has 0 bridgehead atoms. The molecule has 0 unspecified atom stereocenters. The maximum Gasteiger partial charge on any atom is 0.298 e. The van der Waals surface area contributed by atoms with Crippen LogP contribution in [0.25, 0.3) is 11.1 Å². The van der Waals surface area contributed by atoms with Gasteiger partial charge in [-0.05, 0) is 48.9 Å². The van der Waals surface area contributed by atoms with E-state index in [1.165, 1.54) is 0 Å². The molecule has 2 aliphatic rings. The van der Waals surface area contributed by atoms with E-state index in [0.29, 0.717) is 48.2 Å². The molecule has 1 fully saturated rings. The minimum Gasteiger partial charge on any atom is -0.493 e. The lowest BCUT2D eigenvalue weighted by atomic mass is 9.99. The maximum atomic E-state index is 12.6. The Kier molecular flexibility index (Phi) is 3.80. The number of benzene rings is 2. The lowest BCUT2D eigenvalue weighted by Gasteiger charge is -2.44. The van der Waals surface area contributed by atoms with Crippen molar-refractivity contribution in [3.63, 3.8) is 0 Å². The molecule has 3 aromatic rings. The smallest absolute Gasteiger partial charge is 0.298 e. The molecule has 7 heteroatoms. The second-order valence-corrected chi connectivity index (χ2v) is 7.60. The van der Waals surface area contributed by atoms with Crippen molar-refractivity contribution in [2.45, 2.75) is 18.9 Å². The summed E-state index contributed by atoms with van der Waals surface area (Å²) in [5.41, 5.74) is 3.64. The second-order valence-electron chi connectivity index (χ2n) is 7.60. The van der Waals surface area contributed by atoms with Gasteiger partial charge in [0.1, 0.15) is 11.3 Å². The molecule has 1 aromatic heterocycles. The summed E-state index contributed by atoms with van der Waals surface area (Å²) in [6, 6.07) is 11.5. The number of anilines is 2. The Bertz CT molecular complexity index is 1070. The monoisotopic (exact) mass is 379 g/mol. The minimum atomic E-state index is -0.158. The summed E-state index contributed by atoms with van der Waals surface area (Å²) in [4.78, 5) is 19.2. The Morgan fingerprint density at radius 2 is 2.07 bits per heavy atom. The van der Waals surface area contributed by atoms with Crippen molar-refractivity contribution in [2.75, 3.05) is 37.1 Å². The first kappa shape index (κ1) is 17.1. The zero-order valence-electron chi connectivity index (χ0n) is 15.8. The summed E-state index contributed by atoms with van der Waals surface area (Å²) < 4.78 is 16.7.